The molecule has 0 bridgehead atoms. The summed E-state index contributed by atoms with van der Waals surface area (Å²) in [7, 11) is 3.52. The Bertz CT molecular complexity index is 598. The van der Waals surface area contributed by atoms with Gasteiger partial charge < -0.3 is 15.0 Å². The quantitative estimate of drug-likeness (QED) is 0.921. The Balaban J connectivity index is 1.68. The molecule has 2 aliphatic rings. The minimum atomic E-state index is 0.0595. The summed E-state index contributed by atoms with van der Waals surface area (Å²) in [4.78, 5) is 14.8. The van der Waals surface area contributed by atoms with Crippen LogP contribution in [0.15, 0.2) is 0 Å². The zero-order valence-electron chi connectivity index (χ0n) is 15.3. The molecular formula is C18H30N4O2. The van der Waals surface area contributed by atoms with Gasteiger partial charge in [0.25, 0.3) is 0 Å². The van der Waals surface area contributed by atoms with E-state index in [1.807, 2.05) is 7.05 Å². The lowest BCUT2D eigenvalue weighted by atomic mass is 9.80. The molecule has 134 valence electrons. The molecule has 3 atom stereocenters. The second kappa shape index (κ2) is 7.03. The molecule has 2 amide bonds. The molecule has 6 nitrogen and oxygen atoms in total. The Hall–Kier alpha value is -1.72. The summed E-state index contributed by atoms with van der Waals surface area (Å²) in [6.45, 7) is 5.71. The molecule has 2 fully saturated rings. The van der Waals surface area contributed by atoms with E-state index in [2.05, 4.69) is 29.2 Å². The fraction of sp³-hybridized carbons (Fsp3) is 0.778. The zero-order chi connectivity index (χ0) is 17.3. The van der Waals surface area contributed by atoms with Gasteiger partial charge in [-0.15, -0.1) is 0 Å². The van der Waals surface area contributed by atoms with Gasteiger partial charge in [0.15, 0.2) is 0 Å². The van der Waals surface area contributed by atoms with Crippen molar-refractivity contribution in [2.45, 2.75) is 58.5 Å². The Labute approximate surface area is 144 Å². The van der Waals surface area contributed by atoms with Crippen molar-refractivity contribution in [1.82, 2.24) is 20.0 Å². The number of aryl methyl sites for hydroxylation is 2. The number of fused-ring (bicyclic) bond motifs is 1. The van der Waals surface area contributed by atoms with Crippen molar-refractivity contribution in [3.05, 3.63) is 11.3 Å². The Morgan fingerprint density at radius 1 is 1.38 bits per heavy atom. The Kier molecular flexibility index (Phi) is 5.01. The predicted octanol–water partition coefficient (Wildman–Crippen LogP) is 2.71. The van der Waals surface area contributed by atoms with Crippen LogP contribution in [-0.4, -0.2) is 40.4 Å². The number of methoxy groups -OCH3 is 1. The molecule has 1 N–H and O–H groups in total. The first-order valence-corrected chi connectivity index (χ1v) is 9.20. The molecular weight excluding hydrogens is 304 g/mol. The van der Waals surface area contributed by atoms with Gasteiger partial charge in [-0.2, -0.15) is 5.10 Å². The minimum Gasteiger partial charge on any atom is -0.481 e. The van der Waals surface area contributed by atoms with E-state index in [-0.39, 0.29) is 6.03 Å². The third-order valence-electron chi connectivity index (χ3n) is 5.77. The van der Waals surface area contributed by atoms with Gasteiger partial charge in [-0.05, 0) is 31.1 Å². The minimum absolute atomic E-state index is 0.0595. The lowest BCUT2D eigenvalue weighted by molar-refractivity contribution is 0.168. The average Bonchev–Trinajstić information content (AvgIpc) is 3.09. The van der Waals surface area contributed by atoms with Gasteiger partial charge in [-0.3, -0.25) is 0 Å². The van der Waals surface area contributed by atoms with Crippen LogP contribution in [-0.2, 0) is 20.0 Å². The highest BCUT2D eigenvalue weighted by Gasteiger charge is 2.42. The third-order valence-corrected chi connectivity index (χ3v) is 5.77. The number of hydrogen-bond acceptors (Lipinski definition) is 3. The van der Waals surface area contributed by atoms with Crippen LogP contribution in [0.25, 0.3) is 0 Å². The highest BCUT2D eigenvalue weighted by atomic mass is 16.5. The Morgan fingerprint density at radius 2 is 2.12 bits per heavy atom. The number of aromatic nitrogens is 2. The van der Waals surface area contributed by atoms with Crippen LogP contribution in [0.1, 0.15) is 50.8 Å². The fourth-order valence-electron chi connectivity index (χ4n) is 4.59. The van der Waals surface area contributed by atoms with Gasteiger partial charge in [-0.25, -0.2) is 9.48 Å². The summed E-state index contributed by atoms with van der Waals surface area (Å²) in [5.41, 5.74) is 1.98. The molecule has 1 aliphatic carbocycles. The van der Waals surface area contributed by atoms with Gasteiger partial charge in [0.2, 0.25) is 5.88 Å². The topological polar surface area (TPSA) is 59.4 Å². The van der Waals surface area contributed by atoms with Crippen LogP contribution in [0.5, 0.6) is 5.88 Å². The van der Waals surface area contributed by atoms with E-state index in [1.54, 1.807) is 11.8 Å². The number of amides is 2. The van der Waals surface area contributed by atoms with Crippen LogP contribution in [0.4, 0.5) is 4.79 Å². The number of carbonyl (C=O) groups excluding carboxylic acids is 1. The molecule has 2 heterocycles. The molecule has 1 saturated heterocycles. The summed E-state index contributed by atoms with van der Waals surface area (Å²) in [5, 5.41) is 7.59. The molecule has 1 aromatic heterocycles. The van der Waals surface area contributed by atoms with Crippen LogP contribution in [0.2, 0.25) is 0 Å². The molecule has 1 saturated carbocycles. The summed E-state index contributed by atoms with van der Waals surface area (Å²) >= 11 is 0. The number of nitrogens with zero attached hydrogens (tertiary/aromatic N) is 3. The number of urea groups is 1. The van der Waals surface area contributed by atoms with E-state index in [0.717, 1.165) is 36.5 Å². The first-order valence-electron chi connectivity index (χ1n) is 9.20. The monoisotopic (exact) mass is 334 g/mol. The van der Waals surface area contributed by atoms with Crippen molar-refractivity contribution in [1.29, 1.82) is 0 Å². The number of carbonyl (C=O) groups is 1. The lowest BCUT2D eigenvalue weighted by Gasteiger charge is -2.32. The normalized spacial score (nSPS) is 26.3. The summed E-state index contributed by atoms with van der Waals surface area (Å²) in [6.07, 6.45) is 5.81. The van der Waals surface area contributed by atoms with E-state index in [9.17, 15) is 4.79 Å². The van der Waals surface area contributed by atoms with Crippen molar-refractivity contribution < 1.29 is 9.53 Å². The standard InChI is InChI=1S/C18H30N4O2/c1-5-15-14(17(24-4)21(3)20-15)10-19-18(23)22-11-12(2)13-8-6-7-9-16(13)22/h12-13,16H,5-11H2,1-4H3,(H,19,23)/t12-,13+,16-/m0/s1. The van der Waals surface area contributed by atoms with E-state index in [0.29, 0.717) is 24.4 Å². The molecule has 0 aromatic carbocycles. The first kappa shape index (κ1) is 17.1. The number of rotatable bonds is 4. The van der Waals surface area contributed by atoms with Crippen LogP contribution in [0, 0.1) is 11.8 Å². The maximum Gasteiger partial charge on any atom is 0.317 e. The van der Waals surface area contributed by atoms with Crippen LogP contribution >= 0.6 is 0 Å². The van der Waals surface area contributed by atoms with Crippen molar-refractivity contribution in [2.24, 2.45) is 18.9 Å². The molecule has 3 rings (SSSR count). The molecule has 1 aliphatic heterocycles. The predicted molar refractivity (Wildman–Crippen MR) is 93.0 cm³/mol. The number of nitrogens with one attached hydrogen (secondary N) is 1. The van der Waals surface area contributed by atoms with Gasteiger partial charge in [0.1, 0.15) is 0 Å². The molecule has 0 unspecified atom stereocenters. The molecule has 6 heteroatoms. The largest absolute Gasteiger partial charge is 0.481 e. The van der Waals surface area contributed by atoms with E-state index >= 15 is 0 Å². The van der Waals surface area contributed by atoms with Crippen molar-refractivity contribution in [3.8, 4) is 5.88 Å². The highest BCUT2D eigenvalue weighted by molar-refractivity contribution is 5.75. The number of hydrogen-bond donors (Lipinski definition) is 1. The van der Waals surface area contributed by atoms with Crippen LogP contribution < -0.4 is 10.1 Å². The maximum absolute atomic E-state index is 12.8. The molecule has 0 spiro atoms. The molecule has 24 heavy (non-hydrogen) atoms. The second-order valence-corrected chi connectivity index (χ2v) is 7.22. The SMILES string of the molecule is CCc1nn(C)c(OC)c1CNC(=O)N1C[C@H](C)[C@H]2CCCC[C@@H]21. The second-order valence-electron chi connectivity index (χ2n) is 7.22. The lowest BCUT2D eigenvalue weighted by Crippen LogP contribution is -2.44. The number of ether oxygens (including phenoxy) is 1. The van der Waals surface area contributed by atoms with Gasteiger partial charge in [0.05, 0.1) is 24.9 Å². The van der Waals surface area contributed by atoms with Crippen molar-refractivity contribution in [3.63, 3.8) is 0 Å². The summed E-state index contributed by atoms with van der Waals surface area (Å²) in [5.74, 6) is 2.03. The summed E-state index contributed by atoms with van der Waals surface area (Å²) in [6, 6.07) is 0.486. The van der Waals surface area contributed by atoms with Gasteiger partial charge in [0, 0.05) is 19.6 Å². The molecule has 0 radical (unpaired) electrons. The van der Waals surface area contributed by atoms with Crippen molar-refractivity contribution in [2.75, 3.05) is 13.7 Å². The van der Waals surface area contributed by atoms with E-state index in [4.69, 9.17) is 4.74 Å². The maximum atomic E-state index is 12.8. The zero-order valence-corrected chi connectivity index (χ0v) is 15.3. The fourth-order valence-corrected chi connectivity index (χ4v) is 4.59. The highest BCUT2D eigenvalue weighted by Crippen LogP contribution is 2.39. The smallest absolute Gasteiger partial charge is 0.317 e. The third kappa shape index (κ3) is 2.98. The first-order chi connectivity index (χ1) is 11.6. The summed E-state index contributed by atoms with van der Waals surface area (Å²) < 4.78 is 7.20. The van der Waals surface area contributed by atoms with E-state index < -0.39 is 0 Å². The molecule has 1 aromatic rings. The van der Waals surface area contributed by atoms with E-state index in [1.165, 1.54) is 19.3 Å². The van der Waals surface area contributed by atoms with Gasteiger partial charge in [-0.1, -0.05) is 26.7 Å². The number of likely N-dealkylation sites (tertiary alicyclic amines) is 1. The van der Waals surface area contributed by atoms with Crippen LogP contribution in [0.3, 0.4) is 0 Å². The Morgan fingerprint density at radius 3 is 2.83 bits per heavy atom. The van der Waals surface area contributed by atoms with Gasteiger partial charge >= 0.3 is 6.03 Å². The average molecular weight is 334 g/mol. The van der Waals surface area contributed by atoms with Crippen molar-refractivity contribution >= 4 is 6.03 Å².